The molecule has 1 heterocycles. The van der Waals surface area contributed by atoms with Gasteiger partial charge in [-0.2, -0.15) is 15.0 Å². The number of nitrogens with zero attached hydrogens (tertiary/aromatic N) is 4. The van der Waals surface area contributed by atoms with E-state index in [2.05, 4.69) is 52.9 Å². The Balaban J connectivity index is 2.88. The van der Waals surface area contributed by atoms with Gasteiger partial charge in [-0.15, -0.1) is 0 Å². The molecule has 0 aliphatic carbocycles. The first-order valence-electron chi connectivity index (χ1n) is 6.47. The number of rotatable bonds is 7. The van der Waals surface area contributed by atoms with Gasteiger partial charge in [-0.05, 0) is 30.9 Å². The van der Waals surface area contributed by atoms with Gasteiger partial charge >= 0.3 is 0 Å². The van der Waals surface area contributed by atoms with Crippen molar-refractivity contribution < 1.29 is 0 Å². The van der Waals surface area contributed by atoms with Gasteiger partial charge in [0.2, 0.25) is 17.2 Å². The van der Waals surface area contributed by atoms with Crippen molar-refractivity contribution in [2.24, 2.45) is 5.92 Å². The molecule has 0 aliphatic heterocycles. The highest BCUT2D eigenvalue weighted by Gasteiger charge is 2.12. The lowest BCUT2D eigenvalue weighted by molar-refractivity contribution is 0.608. The summed E-state index contributed by atoms with van der Waals surface area (Å²) in [5.74, 6) is 1.74. The molecule has 0 atom stereocenters. The minimum absolute atomic E-state index is 0.237. The summed E-state index contributed by atoms with van der Waals surface area (Å²) in [5, 5.41) is 3.37. The second-order valence-electron chi connectivity index (χ2n) is 4.59. The van der Waals surface area contributed by atoms with Crippen LogP contribution < -0.4 is 10.2 Å². The van der Waals surface area contributed by atoms with Crippen LogP contribution in [0.5, 0.6) is 0 Å². The lowest BCUT2D eigenvalue weighted by Gasteiger charge is -2.23. The van der Waals surface area contributed by atoms with Crippen LogP contribution in [0.1, 0.15) is 34.1 Å². The number of hydrogen-bond donors (Lipinski definition) is 1. The van der Waals surface area contributed by atoms with Crippen LogP contribution >= 0.6 is 11.6 Å². The fourth-order valence-electron chi connectivity index (χ4n) is 1.59. The van der Waals surface area contributed by atoms with E-state index in [9.17, 15) is 0 Å². The Labute approximate surface area is 114 Å². The summed E-state index contributed by atoms with van der Waals surface area (Å²) in [6.45, 7) is 11.1. The Kier molecular flexibility index (Phi) is 6.12. The van der Waals surface area contributed by atoms with Crippen molar-refractivity contribution in [1.29, 1.82) is 0 Å². The SMILES string of the molecule is CCCNc1nc(Cl)nc(N(CC)CC(C)C)n1. The minimum Gasteiger partial charge on any atom is -0.354 e. The van der Waals surface area contributed by atoms with Gasteiger partial charge in [0.15, 0.2) is 0 Å². The van der Waals surface area contributed by atoms with E-state index in [0.717, 1.165) is 26.1 Å². The number of hydrogen-bond acceptors (Lipinski definition) is 5. The average molecular weight is 272 g/mol. The van der Waals surface area contributed by atoms with E-state index in [-0.39, 0.29) is 5.28 Å². The van der Waals surface area contributed by atoms with Gasteiger partial charge in [-0.1, -0.05) is 20.8 Å². The van der Waals surface area contributed by atoms with E-state index in [1.54, 1.807) is 0 Å². The number of aromatic nitrogens is 3. The predicted octanol–water partition coefficient (Wildman–Crippen LogP) is 2.83. The fraction of sp³-hybridized carbons (Fsp3) is 0.750. The number of halogens is 1. The molecule has 1 aromatic heterocycles. The maximum absolute atomic E-state index is 5.94. The van der Waals surface area contributed by atoms with Crippen LogP contribution in [-0.2, 0) is 0 Å². The Morgan fingerprint density at radius 3 is 2.50 bits per heavy atom. The quantitative estimate of drug-likeness (QED) is 0.826. The zero-order chi connectivity index (χ0) is 13.5. The molecule has 1 rings (SSSR count). The summed E-state index contributed by atoms with van der Waals surface area (Å²) >= 11 is 5.94. The van der Waals surface area contributed by atoms with Crippen LogP contribution in [0.4, 0.5) is 11.9 Å². The summed E-state index contributed by atoms with van der Waals surface area (Å²) in [5.41, 5.74) is 0. The first-order valence-corrected chi connectivity index (χ1v) is 6.85. The molecule has 6 heteroatoms. The van der Waals surface area contributed by atoms with E-state index < -0.39 is 0 Å². The van der Waals surface area contributed by atoms with Gasteiger partial charge in [0.1, 0.15) is 0 Å². The van der Waals surface area contributed by atoms with Crippen LogP contribution in [0.15, 0.2) is 0 Å². The summed E-state index contributed by atoms with van der Waals surface area (Å²) in [4.78, 5) is 14.8. The second-order valence-corrected chi connectivity index (χ2v) is 4.93. The molecular formula is C12H22ClN5. The molecule has 0 bridgehead atoms. The number of anilines is 2. The lowest BCUT2D eigenvalue weighted by Crippen LogP contribution is -2.29. The predicted molar refractivity (Wildman–Crippen MR) is 76.3 cm³/mol. The standard InChI is InChI=1S/C12H22ClN5/c1-5-7-14-11-15-10(13)16-12(17-11)18(6-2)8-9(3)4/h9H,5-8H2,1-4H3,(H,14,15,16,17). The monoisotopic (exact) mass is 271 g/mol. The Morgan fingerprint density at radius 2 is 1.94 bits per heavy atom. The molecule has 0 radical (unpaired) electrons. The third-order valence-electron chi connectivity index (χ3n) is 2.38. The summed E-state index contributed by atoms with van der Waals surface area (Å²) in [7, 11) is 0. The van der Waals surface area contributed by atoms with Crippen LogP contribution in [0.25, 0.3) is 0 Å². The third-order valence-corrected chi connectivity index (χ3v) is 2.55. The molecule has 1 N–H and O–H groups in total. The zero-order valence-corrected chi connectivity index (χ0v) is 12.3. The third kappa shape index (κ3) is 4.64. The summed E-state index contributed by atoms with van der Waals surface area (Å²) < 4.78 is 0. The van der Waals surface area contributed by atoms with Crippen molar-refractivity contribution in [3.8, 4) is 0 Å². The molecule has 1 aromatic rings. The van der Waals surface area contributed by atoms with Crippen molar-refractivity contribution in [2.75, 3.05) is 29.9 Å². The molecule has 18 heavy (non-hydrogen) atoms. The van der Waals surface area contributed by atoms with Crippen LogP contribution in [0, 0.1) is 5.92 Å². The first-order chi connectivity index (χ1) is 8.56. The van der Waals surface area contributed by atoms with Gasteiger partial charge in [0.05, 0.1) is 0 Å². The number of nitrogens with one attached hydrogen (secondary N) is 1. The van der Waals surface area contributed by atoms with Crippen molar-refractivity contribution in [1.82, 2.24) is 15.0 Å². The molecule has 0 aromatic carbocycles. The topological polar surface area (TPSA) is 53.9 Å². The van der Waals surface area contributed by atoms with Crippen molar-refractivity contribution in [3.63, 3.8) is 0 Å². The molecule has 5 nitrogen and oxygen atoms in total. The molecule has 0 saturated heterocycles. The smallest absolute Gasteiger partial charge is 0.231 e. The summed E-state index contributed by atoms with van der Waals surface area (Å²) in [6.07, 6.45) is 1.02. The molecule has 0 amide bonds. The highest BCUT2D eigenvalue weighted by Crippen LogP contribution is 2.15. The Bertz CT molecular complexity index is 369. The highest BCUT2D eigenvalue weighted by atomic mass is 35.5. The molecule has 102 valence electrons. The Hall–Kier alpha value is -1.10. The van der Waals surface area contributed by atoms with Gasteiger partial charge in [-0.3, -0.25) is 0 Å². The zero-order valence-electron chi connectivity index (χ0n) is 11.6. The molecule has 0 saturated carbocycles. The first kappa shape index (κ1) is 15.0. The van der Waals surface area contributed by atoms with Crippen molar-refractivity contribution in [2.45, 2.75) is 34.1 Å². The van der Waals surface area contributed by atoms with Gasteiger partial charge in [-0.25, -0.2) is 0 Å². The van der Waals surface area contributed by atoms with Crippen molar-refractivity contribution in [3.05, 3.63) is 5.28 Å². The van der Waals surface area contributed by atoms with E-state index in [4.69, 9.17) is 11.6 Å². The highest BCUT2D eigenvalue weighted by molar-refractivity contribution is 6.28. The van der Waals surface area contributed by atoms with E-state index in [1.807, 2.05) is 0 Å². The second kappa shape index (κ2) is 7.36. The van der Waals surface area contributed by atoms with E-state index in [1.165, 1.54) is 0 Å². The van der Waals surface area contributed by atoms with E-state index in [0.29, 0.717) is 17.8 Å². The molecular weight excluding hydrogens is 250 g/mol. The lowest BCUT2D eigenvalue weighted by atomic mass is 10.2. The normalized spacial score (nSPS) is 10.8. The molecule has 0 fully saturated rings. The minimum atomic E-state index is 0.237. The Morgan fingerprint density at radius 1 is 1.22 bits per heavy atom. The van der Waals surface area contributed by atoms with Crippen molar-refractivity contribution >= 4 is 23.5 Å². The van der Waals surface area contributed by atoms with Gasteiger partial charge in [0.25, 0.3) is 0 Å². The molecule has 0 spiro atoms. The summed E-state index contributed by atoms with van der Waals surface area (Å²) in [6, 6.07) is 0. The van der Waals surface area contributed by atoms with Crippen LogP contribution in [0.2, 0.25) is 5.28 Å². The maximum atomic E-state index is 5.94. The van der Waals surface area contributed by atoms with Gasteiger partial charge in [0, 0.05) is 19.6 Å². The fourth-order valence-corrected chi connectivity index (χ4v) is 1.75. The van der Waals surface area contributed by atoms with E-state index >= 15 is 0 Å². The largest absolute Gasteiger partial charge is 0.354 e. The molecule has 0 unspecified atom stereocenters. The average Bonchev–Trinajstić information content (AvgIpc) is 2.32. The van der Waals surface area contributed by atoms with Crippen LogP contribution in [0.3, 0.4) is 0 Å². The van der Waals surface area contributed by atoms with Gasteiger partial charge < -0.3 is 10.2 Å². The van der Waals surface area contributed by atoms with Crippen LogP contribution in [-0.4, -0.2) is 34.6 Å². The molecule has 0 aliphatic rings. The maximum Gasteiger partial charge on any atom is 0.231 e.